The minimum atomic E-state index is 0.310. The molecule has 1 unspecified atom stereocenters. The number of rotatable bonds is 7. The normalized spacial score (nSPS) is 12.7. The Morgan fingerprint density at radius 1 is 1.50 bits per heavy atom. The summed E-state index contributed by atoms with van der Waals surface area (Å²) in [5.74, 6) is 5.54. The van der Waals surface area contributed by atoms with Crippen molar-refractivity contribution in [3.8, 4) is 0 Å². The molecule has 0 bridgehead atoms. The average Bonchev–Trinajstić information content (AvgIpc) is 2.28. The topological polar surface area (TPSA) is 47.3 Å². The summed E-state index contributed by atoms with van der Waals surface area (Å²) in [4.78, 5) is 0. The summed E-state index contributed by atoms with van der Waals surface area (Å²) in [5.41, 5.74) is 4.14. The fourth-order valence-corrected chi connectivity index (χ4v) is 2.11. The Morgan fingerprint density at radius 3 is 2.94 bits per heavy atom. The molecule has 3 N–H and O–H groups in total. The SMILES string of the molecule is COCCCC(Cc1cccc(Br)c1)NN. The molecule has 0 amide bonds. The van der Waals surface area contributed by atoms with Gasteiger partial charge >= 0.3 is 0 Å². The first kappa shape index (κ1) is 13.6. The fourth-order valence-electron chi connectivity index (χ4n) is 1.67. The van der Waals surface area contributed by atoms with E-state index in [1.54, 1.807) is 7.11 Å². The molecular formula is C12H19BrN2O. The second-order valence-corrected chi connectivity index (χ2v) is 4.75. The van der Waals surface area contributed by atoms with Crippen LogP contribution in [-0.4, -0.2) is 19.8 Å². The summed E-state index contributed by atoms with van der Waals surface area (Å²) in [6.45, 7) is 0.788. The van der Waals surface area contributed by atoms with Crippen molar-refractivity contribution >= 4 is 15.9 Å². The Hall–Kier alpha value is -0.420. The van der Waals surface area contributed by atoms with Crippen LogP contribution in [0.2, 0.25) is 0 Å². The van der Waals surface area contributed by atoms with Crippen LogP contribution in [-0.2, 0) is 11.2 Å². The zero-order valence-corrected chi connectivity index (χ0v) is 11.2. The monoisotopic (exact) mass is 286 g/mol. The van der Waals surface area contributed by atoms with Gasteiger partial charge in [-0.05, 0) is 37.0 Å². The van der Waals surface area contributed by atoms with Crippen molar-refractivity contribution in [2.24, 2.45) is 5.84 Å². The standard InChI is InChI=1S/C12H19BrN2O/c1-16-7-3-6-12(15-14)9-10-4-2-5-11(13)8-10/h2,4-5,8,12,15H,3,6-7,9,14H2,1H3. The van der Waals surface area contributed by atoms with Gasteiger partial charge in [-0.25, -0.2) is 0 Å². The van der Waals surface area contributed by atoms with E-state index >= 15 is 0 Å². The summed E-state index contributed by atoms with van der Waals surface area (Å²) >= 11 is 3.47. The second kappa shape index (κ2) is 7.79. The second-order valence-electron chi connectivity index (χ2n) is 3.83. The summed E-state index contributed by atoms with van der Waals surface area (Å²) < 4.78 is 6.14. The van der Waals surface area contributed by atoms with Crippen LogP contribution in [0.25, 0.3) is 0 Å². The van der Waals surface area contributed by atoms with Crippen molar-refractivity contribution in [1.82, 2.24) is 5.43 Å². The van der Waals surface area contributed by atoms with E-state index in [2.05, 4.69) is 33.5 Å². The smallest absolute Gasteiger partial charge is 0.0462 e. The van der Waals surface area contributed by atoms with Crippen LogP contribution in [0.4, 0.5) is 0 Å². The molecule has 0 aliphatic rings. The third kappa shape index (κ3) is 5.07. The van der Waals surface area contributed by atoms with Crippen LogP contribution < -0.4 is 11.3 Å². The van der Waals surface area contributed by atoms with Crippen LogP contribution in [0.3, 0.4) is 0 Å². The first-order valence-corrected chi connectivity index (χ1v) is 6.25. The Kier molecular flexibility index (Phi) is 6.64. The van der Waals surface area contributed by atoms with Gasteiger partial charge in [0.05, 0.1) is 0 Å². The molecule has 0 aliphatic heterocycles. The number of ether oxygens (including phenoxy) is 1. The molecule has 4 heteroatoms. The van der Waals surface area contributed by atoms with Crippen LogP contribution in [0.1, 0.15) is 18.4 Å². The van der Waals surface area contributed by atoms with Crippen molar-refractivity contribution < 1.29 is 4.74 Å². The predicted molar refractivity (Wildman–Crippen MR) is 70.1 cm³/mol. The molecular weight excluding hydrogens is 268 g/mol. The Morgan fingerprint density at radius 2 is 2.31 bits per heavy atom. The maximum atomic E-state index is 5.54. The van der Waals surface area contributed by atoms with Crippen molar-refractivity contribution in [2.45, 2.75) is 25.3 Å². The minimum Gasteiger partial charge on any atom is -0.385 e. The lowest BCUT2D eigenvalue weighted by Gasteiger charge is -2.15. The Balaban J connectivity index is 2.43. The molecule has 1 aromatic carbocycles. The van der Waals surface area contributed by atoms with Gasteiger partial charge in [0.2, 0.25) is 0 Å². The van der Waals surface area contributed by atoms with Crippen molar-refractivity contribution in [3.05, 3.63) is 34.3 Å². The number of hydrazine groups is 1. The van der Waals surface area contributed by atoms with Crippen molar-refractivity contribution in [2.75, 3.05) is 13.7 Å². The number of methoxy groups -OCH3 is 1. The molecule has 16 heavy (non-hydrogen) atoms. The summed E-state index contributed by atoms with van der Waals surface area (Å²) in [5, 5.41) is 0. The van der Waals surface area contributed by atoms with E-state index in [9.17, 15) is 0 Å². The van der Waals surface area contributed by atoms with Crippen molar-refractivity contribution in [3.63, 3.8) is 0 Å². The fraction of sp³-hybridized carbons (Fsp3) is 0.500. The highest BCUT2D eigenvalue weighted by atomic mass is 79.9. The van der Waals surface area contributed by atoms with Crippen LogP contribution in [0.5, 0.6) is 0 Å². The van der Waals surface area contributed by atoms with Crippen LogP contribution >= 0.6 is 15.9 Å². The average molecular weight is 287 g/mol. The summed E-state index contributed by atoms with van der Waals surface area (Å²) in [6.07, 6.45) is 3.00. The summed E-state index contributed by atoms with van der Waals surface area (Å²) in [6, 6.07) is 8.62. The molecule has 0 aromatic heterocycles. The molecule has 1 atom stereocenters. The molecule has 1 rings (SSSR count). The van der Waals surface area contributed by atoms with Crippen LogP contribution in [0, 0.1) is 0 Å². The van der Waals surface area contributed by atoms with Gasteiger partial charge in [0.25, 0.3) is 0 Å². The van der Waals surface area contributed by atoms with E-state index in [1.807, 2.05) is 12.1 Å². The third-order valence-electron chi connectivity index (χ3n) is 2.51. The quantitative estimate of drug-likeness (QED) is 0.459. The van der Waals surface area contributed by atoms with E-state index in [1.165, 1.54) is 5.56 Å². The third-order valence-corrected chi connectivity index (χ3v) is 3.00. The van der Waals surface area contributed by atoms with Gasteiger partial charge in [0.1, 0.15) is 0 Å². The number of halogens is 1. The lowest BCUT2D eigenvalue weighted by atomic mass is 10.0. The van der Waals surface area contributed by atoms with Gasteiger partial charge in [-0.15, -0.1) is 0 Å². The number of benzene rings is 1. The predicted octanol–water partition coefficient (Wildman–Crippen LogP) is 2.25. The lowest BCUT2D eigenvalue weighted by molar-refractivity contribution is 0.188. The number of nitrogens with two attached hydrogens (primary N) is 1. The van der Waals surface area contributed by atoms with Crippen molar-refractivity contribution in [1.29, 1.82) is 0 Å². The van der Waals surface area contributed by atoms with Gasteiger partial charge in [-0.2, -0.15) is 0 Å². The van der Waals surface area contributed by atoms with Gasteiger partial charge in [-0.3, -0.25) is 11.3 Å². The number of hydrogen-bond donors (Lipinski definition) is 2. The first-order valence-electron chi connectivity index (χ1n) is 5.45. The highest BCUT2D eigenvalue weighted by Crippen LogP contribution is 2.14. The number of hydrogen-bond acceptors (Lipinski definition) is 3. The maximum Gasteiger partial charge on any atom is 0.0462 e. The minimum absolute atomic E-state index is 0.310. The highest BCUT2D eigenvalue weighted by Gasteiger charge is 2.07. The molecule has 0 aliphatic carbocycles. The molecule has 1 aromatic rings. The van der Waals surface area contributed by atoms with Gasteiger partial charge in [0.15, 0.2) is 0 Å². The molecule has 3 nitrogen and oxygen atoms in total. The molecule has 0 saturated carbocycles. The van der Waals surface area contributed by atoms with E-state index in [-0.39, 0.29) is 0 Å². The van der Waals surface area contributed by atoms with Gasteiger partial charge in [-0.1, -0.05) is 28.1 Å². The Bertz CT molecular complexity index is 307. The zero-order valence-electron chi connectivity index (χ0n) is 9.58. The van der Waals surface area contributed by atoms with Gasteiger partial charge < -0.3 is 4.74 Å². The largest absolute Gasteiger partial charge is 0.385 e. The zero-order chi connectivity index (χ0) is 11.8. The van der Waals surface area contributed by atoms with E-state index in [0.717, 1.165) is 30.3 Å². The lowest BCUT2D eigenvalue weighted by Crippen LogP contribution is -2.36. The van der Waals surface area contributed by atoms with Gasteiger partial charge in [0, 0.05) is 24.2 Å². The first-order chi connectivity index (χ1) is 7.76. The maximum absolute atomic E-state index is 5.54. The molecule has 90 valence electrons. The molecule has 0 saturated heterocycles. The van der Waals surface area contributed by atoms with Crippen LogP contribution in [0.15, 0.2) is 28.7 Å². The summed E-state index contributed by atoms with van der Waals surface area (Å²) in [7, 11) is 1.72. The molecule has 0 heterocycles. The Labute approximate surface area is 105 Å². The highest BCUT2D eigenvalue weighted by molar-refractivity contribution is 9.10. The van der Waals surface area contributed by atoms with E-state index in [4.69, 9.17) is 10.6 Å². The van der Waals surface area contributed by atoms with E-state index in [0.29, 0.717) is 6.04 Å². The van der Waals surface area contributed by atoms with E-state index < -0.39 is 0 Å². The molecule has 0 radical (unpaired) electrons. The molecule has 0 fully saturated rings. The molecule has 0 spiro atoms. The number of nitrogens with one attached hydrogen (secondary N) is 1.